The SMILES string of the molecule is CCOC(=O)CC1C(=O)N(Cc2ccc(OC)c(OC)c2)C2(CCSCC2)C(=O)N1Cc1ccccc1. The zero-order valence-corrected chi connectivity index (χ0v) is 22.4. The third kappa shape index (κ3) is 5.56. The van der Waals surface area contributed by atoms with Crippen molar-refractivity contribution in [1.29, 1.82) is 0 Å². The second kappa shape index (κ2) is 11.9. The minimum atomic E-state index is -0.963. The van der Waals surface area contributed by atoms with Crippen molar-refractivity contribution >= 4 is 29.5 Å². The van der Waals surface area contributed by atoms with Gasteiger partial charge in [0, 0.05) is 13.1 Å². The van der Waals surface area contributed by atoms with Gasteiger partial charge in [-0.15, -0.1) is 0 Å². The average molecular weight is 527 g/mol. The lowest BCUT2D eigenvalue weighted by Crippen LogP contribution is -2.72. The summed E-state index contributed by atoms with van der Waals surface area (Å²) in [6.07, 6.45) is 0.943. The van der Waals surface area contributed by atoms with Crippen molar-refractivity contribution in [3.05, 3.63) is 59.7 Å². The molecule has 2 aromatic rings. The lowest BCUT2D eigenvalue weighted by atomic mass is 9.83. The van der Waals surface area contributed by atoms with Gasteiger partial charge in [0.2, 0.25) is 11.8 Å². The van der Waals surface area contributed by atoms with Gasteiger partial charge in [0.1, 0.15) is 11.6 Å². The summed E-state index contributed by atoms with van der Waals surface area (Å²) in [5, 5.41) is 0. The quantitative estimate of drug-likeness (QED) is 0.461. The molecule has 2 heterocycles. The molecule has 2 fully saturated rings. The van der Waals surface area contributed by atoms with Crippen LogP contribution in [0.2, 0.25) is 0 Å². The number of ether oxygens (including phenoxy) is 3. The summed E-state index contributed by atoms with van der Waals surface area (Å²) in [7, 11) is 3.13. The summed E-state index contributed by atoms with van der Waals surface area (Å²) >= 11 is 1.79. The largest absolute Gasteiger partial charge is 0.493 e. The maximum absolute atomic E-state index is 14.4. The molecule has 4 rings (SSSR count). The number of rotatable bonds is 9. The van der Waals surface area contributed by atoms with Crippen LogP contribution in [0, 0.1) is 0 Å². The fourth-order valence-corrected chi connectivity index (χ4v) is 6.34. The maximum atomic E-state index is 14.4. The van der Waals surface area contributed by atoms with E-state index < -0.39 is 17.6 Å². The Morgan fingerprint density at radius 2 is 1.68 bits per heavy atom. The van der Waals surface area contributed by atoms with Crippen LogP contribution in [0.3, 0.4) is 0 Å². The minimum absolute atomic E-state index is 0.106. The normalized spacial score (nSPS) is 19.2. The Bertz CT molecular complexity index is 1120. The van der Waals surface area contributed by atoms with E-state index in [0.717, 1.165) is 22.6 Å². The van der Waals surface area contributed by atoms with Crippen LogP contribution in [0.15, 0.2) is 48.5 Å². The van der Waals surface area contributed by atoms with Gasteiger partial charge in [-0.1, -0.05) is 36.4 Å². The molecule has 2 aromatic carbocycles. The van der Waals surface area contributed by atoms with Gasteiger partial charge < -0.3 is 24.0 Å². The van der Waals surface area contributed by atoms with E-state index in [1.165, 1.54) is 0 Å². The highest BCUT2D eigenvalue weighted by molar-refractivity contribution is 7.99. The van der Waals surface area contributed by atoms with Crippen molar-refractivity contribution in [3.8, 4) is 11.5 Å². The first-order valence-electron chi connectivity index (χ1n) is 12.5. The van der Waals surface area contributed by atoms with Gasteiger partial charge in [-0.2, -0.15) is 11.8 Å². The summed E-state index contributed by atoms with van der Waals surface area (Å²) in [4.78, 5) is 44.5. The number of benzene rings is 2. The summed E-state index contributed by atoms with van der Waals surface area (Å²) in [5.41, 5.74) is 0.768. The van der Waals surface area contributed by atoms with Crippen molar-refractivity contribution in [1.82, 2.24) is 9.80 Å². The first kappa shape index (κ1) is 26.9. The summed E-state index contributed by atoms with van der Waals surface area (Å²) in [6, 6.07) is 14.1. The van der Waals surface area contributed by atoms with Gasteiger partial charge in [-0.3, -0.25) is 14.4 Å². The zero-order valence-electron chi connectivity index (χ0n) is 21.6. The topological polar surface area (TPSA) is 85.4 Å². The molecule has 2 saturated heterocycles. The number of thioether (sulfide) groups is 1. The predicted octanol–water partition coefficient (Wildman–Crippen LogP) is 3.66. The number of carbonyl (C=O) groups excluding carboxylic acids is 3. The molecule has 2 aliphatic rings. The molecule has 1 atom stereocenters. The van der Waals surface area contributed by atoms with Crippen molar-refractivity contribution < 1.29 is 28.6 Å². The van der Waals surface area contributed by atoms with Crippen molar-refractivity contribution in [3.63, 3.8) is 0 Å². The highest BCUT2D eigenvalue weighted by Gasteiger charge is 2.56. The Kier molecular flexibility index (Phi) is 8.63. The van der Waals surface area contributed by atoms with E-state index in [1.807, 2.05) is 42.5 Å². The molecule has 2 aliphatic heterocycles. The van der Waals surface area contributed by atoms with Crippen LogP contribution < -0.4 is 9.47 Å². The standard InChI is InChI=1S/C28H34N2O6S/c1-4-36-25(31)17-22-26(32)30(19-21-10-11-23(34-2)24(16-21)35-3)28(12-14-37-15-13-28)27(33)29(22)18-20-8-6-5-7-9-20/h5-11,16,22H,4,12-15,17-19H2,1-3H3. The molecule has 0 N–H and O–H groups in total. The maximum Gasteiger partial charge on any atom is 0.308 e. The van der Waals surface area contributed by atoms with Gasteiger partial charge in [0.05, 0.1) is 27.2 Å². The number of nitrogens with zero attached hydrogens (tertiary/aromatic N) is 2. The molecule has 0 radical (unpaired) electrons. The molecule has 198 valence electrons. The molecule has 1 spiro atoms. The smallest absolute Gasteiger partial charge is 0.308 e. The van der Waals surface area contributed by atoms with Crippen LogP contribution in [0.5, 0.6) is 11.5 Å². The van der Waals surface area contributed by atoms with Crippen LogP contribution in [-0.2, 0) is 32.2 Å². The fraction of sp³-hybridized carbons (Fsp3) is 0.464. The van der Waals surface area contributed by atoms with E-state index in [4.69, 9.17) is 14.2 Å². The van der Waals surface area contributed by atoms with Crippen LogP contribution in [-0.4, -0.2) is 71.5 Å². The number of esters is 1. The molecular weight excluding hydrogens is 492 g/mol. The van der Waals surface area contributed by atoms with Crippen LogP contribution in [0.25, 0.3) is 0 Å². The van der Waals surface area contributed by atoms with E-state index in [-0.39, 0.29) is 37.9 Å². The first-order valence-corrected chi connectivity index (χ1v) is 13.7. The van der Waals surface area contributed by atoms with Gasteiger partial charge in [0.25, 0.3) is 0 Å². The van der Waals surface area contributed by atoms with Gasteiger partial charge in [-0.25, -0.2) is 0 Å². The Balaban J connectivity index is 1.74. The second-order valence-electron chi connectivity index (χ2n) is 9.20. The van der Waals surface area contributed by atoms with Crippen molar-refractivity contribution in [2.45, 2.75) is 50.9 Å². The number of carbonyl (C=O) groups is 3. The third-order valence-corrected chi connectivity index (χ3v) is 8.06. The molecule has 0 aromatic heterocycles. The van der Waals surface area contributed by atoms with E-state index in [0.29, 0.717) is 24.3 Å². The van der Waals surface area contributed by atoms with Crippen LogP contribution in [0.4, 0.5) is 0 Å². The molecule has 9 heteroatoms. The Hall–Kier alpha value is -3.20. The summed E-state index contributed by atoms with van der Waals surface area (Å²) < 4.78 is 16.0. The molecule has 8 nitrogen and oxygen atoms in total. The number of hydrogen-bond donors (Lipinski definition) is 0. The Morgan fingerprint density at radius 3 is 2.32 bits per heavy atom. The Labute approximate surface area is 222 Å². The molecular formula is C28H34N2O6S. The fourth-order valence-electron chi connectivity index (χ4n) is 5.17. The monoisotopic (exact) mass is 526 g/mol. The number of piperazine rings is 1. The zero-order chi connectivity index (χ0) is 26.4. The van der Waals surface area contributed by atoms with Crippen molar-refractivity contribution in [2.24, 2.45) is 0 Å². The Morgan fingerprint density at radius 1 is 0.973 bits per heavy atom. The third-order valence-electron chi connectivity index (χ3n) is 7.07. The number of methoxy groups -OCH3 is 2. The lowest BCUT2D eigenvalue weighted by Gasteiger charge is -2.53. The van der Waals surface area contributed by atoms with Gasteiger partial charge in [0.15, 0.2) is 11.5 Å². The average Bonchev–Trinajstić information content (AvgIpc) is 2.93. The summed E-state index contributed by atoms with van der Waals surface area (Å²) in [5.74, 6) is 1.87. The summed E-state index contributed by atoms with van der Waals surface area (Å²) in [6.45, 7) is 2.43. The predicted molar refractivity (Wildman–Crippen MR) is 141 cm³/mol. The first-order chi connectivity index (χ1) is 17.9. The molecule has 0 saturated carbocycles. The van der Waals surface area contributed by atoms with Gasteiger partial charge >= 0.3 is 5.97 Å². The van der Waals surface area contributed by atoms with E-state index in [1.54, 1.807) is 48.8 Å². The van der Waals surface area contributed by atoms with Crippen LogP contribution in [0.1, 0.15) is 37.3 Å². The van der Waals surface area contributed by atoms with Crippen molar-refractivity contribution in [2.75, 3.05) is 32.3 Å². The van der Waals surface area contributed by atoms with Crippen LogP contribution >= 0.6 is 11.8 Å². The molecule has 37 heavy (non-hydrogen) atoms. The molecule has 0 bridgehead atoms. The molecule has 2 amide bonds. The second-order valence-corrected chi connectivity index (χ2v) is 10.4. The van der Waals surface area contributed by atoms with Gasteiger partial charge in [-0.05, 0) is 54.5 Å². The van der Waals surface area contributed by atoms with E-state index in [9.17, 15) is 14.4 Å². The number of amides is 2. The van der Waals surface area contributed by atoms with E-state index >= 15 is 0 Å². The lowest BCUT2D eigenvalue weighted by molar-refractivity contribution is -0.176. The minimum Gasteiger partial charge on any atom is -0.493 e. The molecule has 0 aliphatic carbocycles. The highest BCUT2D eigenvalue weighted by Crippen LogP contribution is 2.41. The van der Waals surface area contributed by atoms with E-state index in [2.05, 4.69) is 0 Å². The molecule has 1 unspecified atom stereocenters. The highest BCUT2D eigenvalue weighted by atomic mass is 32.2. The number of hydrogen-bond acceptors (Lipinski definition) is 7.